The first-order chi connectivity index (χ1) is 13.8. The summed E-state index contributed by atoms with van der Waals surface area (Å²) in [5.41, 5.74) is 0.383. The largest absolute Gasteiger partial charge is 0.491 e. The molecule has 3 rings (SSSR count). The normalized spacial score (nSPS) is 10.9. The zero-order valence-corrected chi connectivity index (χ0v) is 17.0. The van der Waals surface area contributed by atoms with Gasteiger partial charge in [-0.15, -0.1) is 5.10 Å². The van der Waals surface area contributed by atoms with Gasteiger partial charge >= 0.3 is 5.63 Å². The summed E-state index contributed by atoms with van der Waals surface area (Å²) in [6.45, 7) is 5.87. The molecule has 1 aromatic carbocycles. The Kier molecular flexibility index (Phi) is 6.23. The van der Waals surface area contributed by atoms with Gasteiger partial charge < -0.3 is 19.8 Å². The van der Waals surface area contributed by atoms with Crippen molar-refractivity contribution in [1.29, 1.82) is 0 Å². The van der Waals surface area contributed by atoms with E-state index in [2.05, 4.69) is 20.2 Å². The van der Waals surface area contributed by atoms with E-state index < -0.39 is 11.5 Å². The fraction of sp³-hybridized carbons (Fsp3) is 0.316. The van der Waals surface area contributed by atoms with Crippen LogP contribution in [0.2, 0.25) is 0 Å². The number of nitrogens with zero attached hydrogens (tertiary/aromatic N) is 2. The molecule has 0 atom stereocenters. The van der Waals surface area contributed by atoms with Crippen LogP contribution in [0.4, 0.5) is 0 Å². The molecule has 0 saturated heterocycles. The van der Waals surface area contributed by atoms with Crippen LogP contribution < -0.4 is 21.0 Å². The molecule has 152 valence electrons. The average molecular weight is 416 g/mol. The van der Waals surface area contributed by atoms with Crippen molar-refractivity contribution in [2.75, 3.05) is 13.1 Å². The average Bonchev–Trinajstić information content (AvgIpc) is 3.09. The first-order valence-electron chi connectivity index (χ1n) is 8.95. The van der Waals surface area contributed by atoms with Crippen LogP contribution in [0.15, 0.2) is 33.5 Å². The zero-order valence-electron chi connectivity index (χ0n) is 16.1. The van der Waals surface area contributed by atoms with E-state index in [0.717, 1.165) is 17.6 Å². The van der Waals surface area contributed by atoms with Gasteiger partial charge in [-0.05, 0) is 44.4 Å². The third kappa shape index (κ3) is 4.96. The van der Waals surface area contributed by atoms with Gasteiger partial charge in [-0.25, -0.2) is 4.79 Å². The second-order valence-corrected chi connectivity index (χ2v) is 7.26. The van der Waals surface area contributed by atoms with Crippen LogP contribution in [0.3, 0.4) is 0 Å². The predicted octanol–water partition coefficient (Wildman–Crippen LogP) is 1.90. The summed E-state index contributed by atoms with van der Waals surface area (Å²) in [5, 5.41) is 9.65. The maximum absolute atomic E-state index is 12.5. The van der Waals surface area contributed by atoms with Crippen molar-refractivity contribution < 1.29 is 18.7 Å². The quantitative estimate of drug-likeness (QED) is 0.445. The van der Waals surface area contributed by atoms with Crippen molar-refractivity contribution in [3.05, 3.63) is 50.8 Å². The number of carbonyl (C=O) groups is 2. The van der Waals surface area contributed by atoms with Crippen LogP contribution in [0.5, 0.6) is 5.75 Å². The fourth-order valence-corrected chi connectivity index (χ4v) is 3.22. The number of carbonyl (C=O) groups excluding carboxylic acids is 2. The van der Waals surface area contributed by atoms with Gasteiger partial charge in [0.05, 0.1) is 17.4 Å². The third-order valence-corrected chi connectivity index (χ3v) is 4.71. The Bertz CT molecular complexity index is 1110. The molecule has 0 saturated carbocycles. The lowest BCUT2D eigenvalue weighted by molar-refractivity contribution is 0.0929. The highest BCUT2D eigenvalue weighted by molar-refractivity contribution is 7.08. The van der Waals surface area contributed by atoms with Crippen molar-refractivity contribution in [1.82, 2.24) is 20.2 Å². The molecular formula is C19H20N4O5S. The van der Waals surface area contributed by atoms with E-state index in [1.165, 1.54) is 0 Å². The molecule has 9 nitrogen and oxygen atoms in total. The molecular weight excluding hydrogens is 396 g/mol. The van der Waals surface area contributed by atoms with Crippen LogP contribution in [-0.2, 0) is 0 Å². The highest BCUT2D eigenvalue weighted by Gasteiger charge is 2.15. The monoisotopic (exact) mass is 416 g/mol. The lowest BCUT2D eigenvalue weighted by Crippen LogP contribution is -2.35. The van der Waals surface area contributed by atoms with Crippen molar-refractivity contribution in [2.45, 2.75) is 26.9 Å². The topological polar surface area (TPSA) is 123 Å². The summed E-state index contributed by atoms with van der Waals surface area (Å²) in [7, 11) is 0. The van der Waals surface area contributed by atoms with E-state index in [-0.39, 0.29) is 36.2 Å². The Hall–Kier alpha value is -3.27. The molecule has 0 aliphatic carbocycles. The SMILES string of the molecule is Cc1nnsc1C(=O)NCCNC(=O)c1cc(=O)oc2cc(OC(C)C)ccc12. The number of hydrogen-bond donors (Lipinski definition) is 2. The minimum Gasteiger partial charge on any atom is -0.491 e. The van der Waals surface area contributed by atoms with Gasteiger partial charge in [0, 0.05) is 30.6 Å². The lowest BCUT2D eigenvalue weighted by Gasteiger charge is -2.11. The number of ether oxygens (including phenoxy) is 1. The van der Waals surface area contributed by atoms with Gasteiger partial charge in [-0.3, -0.25) is 9.59 Å². The van der Waals surface area contributed by atoms with Crippen LogP contribution in [0.1, 0.15) is 39.6 Å². The summed E-state index contributed by atoms with van der Waals surface area (Å²) in [5.74, 6) is -0.190. The molecule has 0 aliphatic rings. The maximum Gasteiger partial charge on any atom is 0.337 e. The maximum atomic E-state index is 12.5. The molecule has 0 aliphatic heterocycles. The van der Waals surface area contributed by atoms with E-state index in [1.807, 2.05) is 13.8 Å². The molecule has 10 heteroatoms. The zero-order chi connectivity index (χ0) is 21.0. The second-order valence-electron chi connectivity index (χ2n) is 6.50. The number of hydrogen-bond acceptors (Lipinski definition) is 8. The van der Waals surface area contributed by atoms with Crippen LogP contribution in [0, 0.1) is 6.92 Å². The number of benzene rings is 1. The molecule has 0 radical (unpaired) electrons. The van der Waals surface area contributed by atoms with Gasteiger partial charge in [0.15, 0.2) is 0 Å². The highest BCUT2D eigenvalue weighted by Crippen LogP contribution is 2.23. The van der Waals surface area contributed by atoms with Crippen LogP contribution in [0.25, 0.3) is 11.0 Å². The van der Waals surface area contributed by atoms with Crippen molar-refractivity contribution in [3.8, 4) is 5.75 Å². The standard InChI is InChI=1S/C19H20N4O5S/c1-10(2)27-12-4-5-13-14(9-16(24)28-15(13)8-12)18(25)20-6-7-21-19(26)17-11(3)22-23-29-17/h4-5,8-10H,6-7H2,1-3H3,(H,20,25)(H,21,26). The Morgan fingerprint density at radius 2 is 1.90 bits per heavy atom. The number of aryl methyl sites for hydroxylation is 1. The van der Waals surface area contributed by atoms with Gasteiger partial charge in [0.25, 0.3) is 11.8 Å². The molecule has 2 heterocycles. The van der Waals surface area contributed by atoms with Crippen molar-refractivity contribution in [3.63, 3.8) is 0 Å². The Morgan fingerprint density at radius 1 is 1.17 bits per heavy atom. The van der Waals surface area contributed by atoms with Crippen molar-refractivity contribution in [2.24, 2.45) is 0 Å². The molecule has 2 aromatic heterocycles. The van der Waals surface area contributed by atoms with Gasteiger partial charge in [-0.2, -0.15) is 0 Å². The molecule has 0 fully saturated rings. The highest BCUT2D eigenvalue weighted by atomic mass is 32.1. The molecule has 0 spiro atoms. The molecule has 0 bridgehead atoms. The van der Waals surface area contributed by atoms with Gasteiger partial charge in [-0.1, -0.05) is 4.49 Å². The van der Waals surface area contributed by atoms with Crippen molar-refractivity contribution >= 4 is 34.3 Å². The fourth-order valence-electron chi connectivity index (χ4n) is 2.64. The van der Waals surface area contributed by atoms with E-state index in [1.54, 1.807) is 25.1 Å². The smallest absolute Gasteiger partial charge is 0.337 e. The number of rotatable bonds is 7. The Morgan fingerprint density at radius 3 is 2.55 bits per heavy atom. The van der Waals surface area contributed by atoms with E-state index in [0.29, 0.717) is 21.7 Å². The molecule has 3 aromatic rings. The van der Waals surface area contributed by atoms with E-state index in [9.17, 15) is 14.4 Å². The van der Waals surface area contributed by atoms with Gasteiger partial charge in [0.2, 0.25) is 0 Å². The number of fused-ring (bicyclic) bond motifs is 1. The van der Waals surface area contributed by atoms with Crippen LogP contribution >= 0.6 is 11.5 Å². The van der Waals surface area contributed by atoms with Gasteiger partial charge in [0.1, 0.15) is 16.2 Å². The second kappa shape index (κ2) is 8.82. The Labute approximate surface area is 170 Å². The summed E-state index contributed by atoms with van der Waals surface area (Å²) < 4.78 is 14.5. The number of aromatic nitrogens is 2. The summed E-state index contributed by atoms with van der Waals surface area (Å²) in [6, 6.07) is 6.11. The van der Waals surface area contributed by atoms with Crippen LogP contribution in [-0.4, -0.2) is 40.6 Å². The molecule has 0 unspecified atom stereocenters. The minimum atomic E-state index is -0.633. The molecule has 29 heavy (non-hydrogen) atoms. The first kappa shape index (κ1) is 20.5. The predicted molar refractivity (Wildman–Crippen MR) is 108 cm³/mol. The molecule has 2 amide bonds. The first-order valence-corrected chi connectivity index (χ1v) is 9.72. The van der Waals surface area contributed by atoms with E-state index in [4.69, 9.17) is 9.15 Å². The molecule has 2 N–H and O–H groups in total. The van der Waals surface area contributed by atoms with E-state index >= 15 is 0 Å². The summed E-state index contributed by atoms with van der Waals surface area (Å²) >= 11 is 1.01. The minimum absolute atomic E-state index is 0.0367. The number of amides is 2. The number of nitrogens with one attached hydrogen (secondary N) is 2. The Balaban J connectivity index is 1.66. The summed E-state index contributed by atoms with van der Waals surface area (Å²) in [6.07, 6.45) is -0.0367. The third-order valence-electron chi connectivity index (χ3n) is 3.89. The summed E-state index contributed by atoms with van der Waals surface area (Å²) in [4.78, 5) is 36.9. The lowest BCUT2D eigenvalue weighted by atomic mass is 10.1.